The summed E-state index contributed by atoms with van der Waals surface area (Å²) >= 11 is 0. The van der Waals surface area contributed by atoms with Crippen LogP contribution < -0.4 is 10.2 Å². The number of β-amino-alcohol motifs (C(OH)–C–C–N with tert-alkyl or cyclic N) is 1. The van der Waals surface area contributed by atoms with Gasteiger partial charge in [0.25, 0.3) is 0 Å². The Morgan fingerprint density at radius 1 is 1.62 bits per heavy atom. The van der Waals surface area contributed by atoms with Crippen molar-refractivity contribution in [3.8, 4) is 6.07 Å². The summed E-state index contributed by atoms with van der Waals surface area (Å²) in [5, 5.41) is 22.2. The SMILES string of the molecule is CNC(=O)CC1(O)CCCN(c2cccc(F)c2C#N)C1. The Hall–Kier alpha value is -2.13. The molecule has 0 radical (unpaired) electrons. The van der Waals surface area contributed by atoms with Gasteiger partial charge in [-0.15, -0.1) is 0 Å². The van der Waals surface area contributed by atoms with Gasteiger partial charge in [-0.3, -0.25) is 4.79 Å². The van der Waals surface area contributed by atoms with E-state index in [0.29, 0.717) is 25.1 Å². The molecule has 2 N–H and O–H groups in total. The number of nitrogens with one attached hydrogen (secondary N) is 1. The van der Waals surface area contributed by atoms with Gasteiger partial charge in [-0.1, -0.05) is 6.07 Å². The lowest BCUT2D eigenvalue weighted by atomic mass is 9.88. The van der Waals surface area contributed by atoms with E-state index in [9.17, 15) is 14.3 Å². The van der Waals surface area contributed by atoms with Crippen LogP contribution >= 0.6 is 0 Å². The molecule has 0 aromatic heterocycles. The van der Waals surface area contributed by atoms with Crippen molar-refractivity contribution in [2.45, 2.75) is 24.9 Å². The molecule has 1 heterocycles. The molecular formula is C15H18FN3O2. The first-order chi connectivity index (χ1) is 9.99. The van der Waals surface area contributed by atoms with Crippen LogP contribution in [0.25, 0.3) is 0 Å². The fraction of sp³-hybridized carbons (Fsp3) is 0.467. The number of hydrogen-bond donors (Lipinski definition) is 2. The van der Waals surface area contributed by atoms with Gasteiger partial charge < -0.3 is 15.3 Å². The second kappa shape index (κ2) is 6.10. The zero-order valence-corrected chi connectivity index (χ0v) is 11.9. The van der Waals surface area contributed by atoms with Gasteiger partial charge in [-0.05, 0) is 25.0 Å². The Bertz CT molecular complexity index is 585. The number of carbonyl (C=O) groups excluding carboxylic acids is 1. The molecule has 0 bridgehead atoms. The number of hydrogen-bond acceptors (Lipinski definition) is 4. The Morgan fingerprint density at radius 2 is 2.38 bits per heavy atom. The highest BCUT2D eigenvalue weighted by Crippen LogP contribution is 2.31. The van der Waals surface area contributed by atoms with Crippen LogP contribution in [0.1, 0.15) is 24.8 Å². The zero-order chi connectivity index (χ0) is 15.5. The van der Waals surface area contributed by atoms with Crippen LogP contribution in [0, 0.1) is 17.1 Å². The van der Waals surface area contributed by atoms with Gasteiger partial charge in [0.1, 0.15) is 17.4 Å². The van der Waals surface area contributed by atoms with Crippen molar-refractivity contribution in [1.29, 1.82) is 5.26 Å². The van der Waals surface area contributed by atoms with E-state index in [-0.39, 0.29) is 24.4 Å². The smallest absolute Gasteiger partial charge is 0.222 e. The lowest BCUT2D eigenvalue weighted by molar-refractivity contribution is -0.125. The maximum Gasteiger partial charge on any atom is 0.222 e. The highest BCUT2D eigenvalue weighted by atomic mass is 19.1. The molecule has 1 aromatic rings. The normalized spacial score (nSPS) is 21.7. The van der Waals surface area contributed by atoms with Crippen molar-refractivity contribution < 1.29 is 14.3 Å². The molecule has 2 rings (SSSR count). The predicted molar refractivity (Wildman–Crippen MR) is 76.2 cm³/mol. The van der Waals surface area contributed by atoms with Gasteiger partial charge in [0.2, 0.25) is 5.91 Å². The van der Waals surface area contributed by atoms with E-state index >= 15 is 0 Å². The molecule has 6 heteroatoms. The maximum atomic E-state index is 13.7. The van der Waals surface area contributed by atoms with Crippen molar-refractivity contribution in [3.63, 3.8) is 0 Å². The lowest BCUT2D eigenvalue weighted by Crippen LogP contribution is -2.50. The van der Waals surface area contributed by atoms with Crippen LogP contribution in [-0.4, -0.2) is 36.8 Å². The number of rotatable bonds is 3. The Labute approximate surface area is 123 Å². The van der Waals surface area contributed by atoms with Crippen LogP contribution in [0.3, 0.4) is 0 Å². The number of anilines is 1. The number of amides is 1. The number of carbonyl (C=O) groups is 1. The van der Waals surface area contributed by atoms with Gasteiger partial charge in [-0.25, -0.2) is 4.39 Å². The van der Waals surface area contributed by atoms with E-state index in [1.54, 1.807) is 11.0 Å². The molecule has 1 aromatic carbocycles. The minimum absolute atomic E-state index is 0.00278. The van der Waals surface area contributed by atoms with Crippen molar-refractivity contribution >= 4 is 11.6 Å². The summed E-state index contributed by atoms with van der Waals surface area (Å²) in [5.74, 6) is -0.811. The lowest BCUT2D eigenvalue weighted by Gasteiger charge is -2.40. The summed E-state index contributed by atoms with van der Waals surface area (Å²) in [4.78, 5) is 13.3. The summed E-state index contributed by atoms with van der Waals surface area (Å²) < 4.78 is 13.7. The topological polar surface area (TPSA) is 76.4 Å². The standard InChI is InChI=1S/C15H18FN3O2/c1-18-14(20)8-15(21)6-3-7-19(10-15)13-5-2-4-12(16)11(13)9-17/h2,4-5,21H,3,6-8,10H2,1H3,(H,18,20). The van der Waals surface area contributed by atoms with E-state index < -0.39 is 11.4 Å². The van der Waals surface area contributed by atoms with Crippen LogP contribution in [0.15, 0.2) is 18.2 Å². The van der Waals surface area contributed by atoms with Crippen LogP contribution in [-0.2, 0) is 4.79 Å². The molecule has 0 aliphatic carbocycles. The molecule has 112 valence electrons. The molecule has 1 saturated heterocycles. The minimum atomic E-state index is -1.16. The van der Waals surface area contributed by atoms with Crippen LogP contribution in [0.5, 0.6) is 0 Å². The molecule has 21 heavy (non-hydrogen) atoms. The van der Waals surface area contributed by atoms with Crippen molar-refractivity contribution in [1.82, 2.24) is 5.32 Å². The molecule has 0 spiro atoms. The number of piperidine rings is 1. The predicted octanol–water partition coefficient (Wildman–Crippen LogP) is 1.16. The largest absolute Gasteiger partial charge is 0.388 e. The third-order valence-corrected chi connectivity index (χ3v) is 3.77. The second-order valence-corrected chi connectivity index (χ2v) is 5.35. The van der Waals surface area contributed by atoms with Crippen molar-refractivity contribution in [2.24, 2.45) is 0 Å². The fourth-order valence-corrected chi connectivity index (χ4v) is 2.74. The number of benzene rings is 1. The third kappa shape index (κ3) is 3.31. The third-order valence-electron chi connectivity index (χ3n) is 3.77. The molecule has 1 atom stereocenters. The Balaban J connectivity index is 2.24. The first-order valence-corrected chi connectivity index (χ1v) is 6.85. The zero-order valence-electron chi connectivity index (χ0n) is 11.9. The summed E-state index contributed by atoms with van der Waals surface area (Å²) in [6.45, 7) is 0.826. The average molecular weight is 291 g/mol. The Kier molecular flexibility index (Phi) is 4.43. The molecule has 1 aliphatic heterocycles. The summed E-state index contributed by atoms with van der Waals surface area (Å²) in [5.41, 5.74) is -0.716. The van der Waals surface area contributed by atoms with E-state index in [0.717, 1.165) is 0 Å². The minimum Gasteiger partial charge on any atom is -0.388 e. The molecule has 1 fully saturated rings. The van der Waals surface area contributed by atoms with E-state index in [4.69, 9.17) is 5.26 Å². The van der Waals surface area contributed by atoms with Crippen molar-refractivity contribution in [3.05, 3.63) is 29.6 Å². The molecule has 1 amide bonds. The number of aliphatic hydroxyl groups is 1. The first kappa shape index (κ1) is 15.3. The molecule has 5 nitrogen and oxygen atoms in total. The number of nitriles is 1. The molecule has 1 unspecified atom stereocenters. The van der Waals surface area contributed by atoms with Gasteiger partial charge in [0.15, 0.2) is 0 Å². The summed E-state index contributed by atoms with van der Waals surface area (Å²) in [6.07, 6.45) is 1.18. The van der Waals surface area contributed by atoms with Gasteiger partial charge in [0, 0.05) is 20.1 Å². The number of nitrogens with zero attached hydrogens (tertiary/aromatic N) is 2. The summed E-state index contributed by atoms with van der Waals surface area (Å²) in [7, 11) is 1.52. The summed E-state index contributed by atoms with van der Waals surface area (Å²) in [6, 6.07) is 6.30. The average Bonchev–Trinajstić information content (AvgIpc) is 2.46. The van der Waals surface area contributed by atoms with Crippen molar-refractivity contribution in [2.75, 3.05) is 25.0 Å². The van der Waals surface area contributed by atoms with Crippen LogP contribution in [0.4, 0.5) is 10.1 Å². The van der Waals surface area contributed by atoms with E-state index in [2.05, 4.69) is 5.32 Å². The fourth-order valence-electron chi connectivity index (χ4n) is 2.74. The maximum absolute atomic E-state index is 13.7. The highest BCUT2D eigenvalue weighted by molar-refractivity contribution is 5.77. The molecule has 1 aliphatic rings. The quantitative estimate of drug-likeness (QED) is 0.876. The number of halogens is 1. The second-order valence-electron chi connectivity index (χ2n) is 5.35. The molecule has 0 saturated carbocycles. The monoisotopic (exact) mass is 291 g/mol. The molecular weight excluding hydrogens is 273 g/mol. The Morgan fingerprint density at radius 3 is 3.05 bits per heavy atom. The van der Waals surface area contributed by atoms with E-state index in [1.165, 1.54) is 19.2 Å². The van der Waals surface area contributed by atoms with Gasteiger partial charge >= 0.3 is 0 Å². The van der Waals surface area contributed by atoms with Crippen LogP contribution in [0.2, 0.25) is 0 Å². The van der Waals surface area contributed by atoms with Gasteiger partial charge in [-0.2, -0.15) is 5.26 Å². The first-order valence-electron chi connectivity index (χ1n) is 6.85. The van der Waals surface area contributed by atoms with E-state index in [1.807, 2.05) is 6.07 Å². The van der Waals surface area contributed by atoms with Gasteiger partial charge in [0.05, 0.1) is 17.7 Å². The highest BCUT2D eigenvalue weighted by Gasteiger charge is 2.36.